The van der Waals surface area contributed by atoms with Gasteiger partial charge in [-0.15, -0.1) is 0 Å². The molecule has 0 aliphatic heterocycles. The summed E-state index contributed by atoms with van der Waals surface area (Å²) in [5.74, 6) is -2.02. The second-order valence-corrected chi connectivity index (χ2v) is 12.1. The van der Waals surface area contributed by atoms with E-state index in [0.717, 1.165) is 38.5 Å². The molecule has 0 aliphatic rings. The number of esters is 1. The minimum atomic E-state index is -1.12. The highest BCUT2D eigenvalue weighted by molar-refractivity contribution is 5.87. The van der Waals surface area contributed by atoms with Crippen LogP contribution in [0.5, 0.6) is 0 Å². The quantitative estimate of drug-likeness (QED) is 0.0609. The Morgan fingerprint density at radius 1 is 0.537 bits per heavy atom. The zero-order valence-corrected chi connectivity index (χ0v) is 27.2. The highest BCUT2D eigenvalue weighted by Crippen LogP contribution is 2.14. The summed E-state index contributed by atoms with van der Waals surface area (Å²) in [6.45, 7) is 4.78. The van der Waals surface area contributed by atoms with Gasteiger partial charge in [-0.05, 0) is 12.8 Å². The number of aliphatic carboxylic acids is 1. The zero-order chi connectivity index (χ0) is 30.2. The van der Waals surface area contributed by atoms with E-state index in [1.807, 2.05) is 0 Å². The smallest absolute Gasteiger partial charge is 0.329 e. The van der Waals surface area contributed by atoms with Crippen LogP contribution in [0, 0.1) is 0 Å². The van der Waals surface area contributed by atoms with Crippen LogP contribution in [0.3, 0.4) is 0 Å². The van der Waals surface area contributed by atoms with Crippen molar-refractivity contribution >= 4 is 17.8 Å². The summed E-state index contributed by atoms with van der Waals surface area (Å²) in [4.78, 5) is 36.0. The van der Waals surface area contributed by atoms with Gasteiger partial charge in [-0.3, -0.25) is 9.59 Å². The standard InChI is InChI=1S/C35H67NO5/c1-3-5-7-9-11-13-15-16-17-18-19-21-23-25-27-29-33(37)36-32(31-34(38)39)35(40)41-30-28-26-24-22-20-14-12-10-8-6-4-2/h32H,3-31H2,1-2H3,(H,36,37)(H,38,39)/t32-/m0/s1. The lowest BCUT2D eigenvalue weighted by Gasteiger charge is -2.16. The van der Waals surface area contributed by atoms with Crippen LogP contribution in [0.15, 0.2) is 0 Å². The lowest BCUT2D eigenvalue weighted by atomic mass is 10.0. The third kappa shape index (κ3) is 29.7. The molecule has 0 heterocycles. The van der Waals surface area contributed by atoms with Crippen molar-refractivity contribution in [1.82, 2.24) is 5.32 Å². The molecule has 1 atom stereocenters. The Kier molecular flexibility index (Phi) is 30.1. The maximum Gasteiger partial charge on any atom is 0.329 e. The van der Waals surface area contributed by atoms with Gasteiger partial charge in [-0.25, -0.2) is 4.79 Å². The fourth-order valence-corrected chi connectivity index (χ4v) is 5.33. The van der Waals surface area contributed by atoms with Crippen molar-refractivity contribution in [3.05, 3.63) is 0 Å². The average molecular weight is 582 g/mol. The molecule has 6 nitrogen and oxygen atoms in total. The molecular formula is C35H67NO5. The number of rotatable bonds is 32. The van der Waals surface area contributed by atoms with Crippen LogP contribution in [0.4, 0.5) is 0 Å². The Balaban J connectivity index is 3.77. The molecule has 0 aromatic rings. The molecule has 0 rings (SSSR count). The highest BCUT2D eigenvalue weighted by Gasteiger charge is 2.25. The number of amides is 1. The van der Waals surface area contributed by atoms with E-state index in [9.17, 15) is 19.5 Å². The first kappa shape index (κ1) is 39.4. The lowest BCUT2D eigenvalue weighted by Crippen LogP contribution is -2.43. The number of carbonyl (C=O) groups excluding carboxylic acids is 2. The van der Waals surface area contributed by atoms with Crippen molar-refractivity contribution in [3.8, 4) is 0 Å². The summed E-state index contributed by atoms with van der Waals surface area (Å²) in [5.41, 5.74) is 0. The fraction of sp³-hybridized carbons (Fsp3) is 0.914. The molecule has 0 radical (unpaired) electrons. The summed E-state index contributed by atoms with van der Waals surface area (Å²) in [6.07, 6.45) is 32.1. The molecule has 0 unspecified atom stereocenters. The Bertz CT molecular complexity index is 609. The Morgan fingerprint density at radius 2 is 0.878 bits per heavy atom. The van der Waals surface area contributed by atoms with Gasteiger partial charge in [-0.2, -0.15) is 0 Å². The molecule has 6 heteroatoms. The molecule has 0 spiro atoms. The normalized spacial score (nSPS) is 11.9. The maximum atomic E-state index is 12.4. The van der Waals surface area contributed by atoms with Crippen molar-refractivity contribution < 1.29 is 24.2 Å². The number of ether oxygens (including phenoxy) is 1. The zero-order valence-electron chi connectivity index (χ0n) is 27.2. The van der Waals surface area contributed by atoms with E-state index in [4.69, 9.17) is 4.74 Å². The number of nitrogens with one attached hydrogen (secondary N) is 1. The predicted octanol–water partition coefficient (Wildman–Crippen LogP) is 10.1. The van der Waals surface area contributed by atoms with Crippen LogP contribution in [-0.4, -0.2) is 35.6 Å². The van der Waals surface area contributed by atoms with Crippen molar-refractivity contribution in [1.29, 1.82) is 0 Å². The second kappa shape index (κ2) is 31.3. The molecule has 0 fully saturated rings. The van der Waals surface area contributed by atoms with Crippen LogP contribution in [-0.2, 0) is 19.1 Å². The van der Waals surface area contributed by atoms with Crippen molar-refractivity contribution in [2.75, 3.05) is 6.61 Å². The Labute approximate surface area is 253 Å². The number of carboxylic acids is 1. The third-order valence-electron chi connectivity index (χ3n) is 8.00. The number of hydrogen-bond acceptors (Lipinski definition) is 4. The van der Waals surface area contributed by atoms with Gasteiger partial charge >= 0.3 is 11.9 Å². The van der Waals surface area contributed by atoms with Gasteiger partial charge < -0.3 is 15.2 Å². The molecule has 41 heavy (non-hydrogen) atoms. The number of carbonyl (C=O) groups is 3. The van der Waals surface area contributed by atoms with Gasteiger partial charge in [-0.1, -0.05) is 168 Å². The van der Waals surface area contributed by atoms with E-state index in [0.29, 0.717) is 6.42 Å². The first-order chi connectivity index (χ1) is 20.0. The van der Waals surface area contributed by atoms with Gasteiger partial charge in [0, 0.05) is 6.42 Å². The van der Waals surface area contributed by atoms with E-state index < -0.39 is 24.4 Å². The van der Waals surface area contributed by atoms with Crippen LogP contribution in [0.2, 0.25) is 0 Å². The SMILES string of the molecule is CCCCCCCCCCCCCCCCCC(=O)N[C@@H](CC(=O)O)C(=O)OCCCCCCCCCCCCC. The van der Waals surface area contributed by atoms with Gasteiger partial charge in [0.1, 0.15) is 6.04 Å². The van der Waals surface area contributed by atoms with E-state index >= 15 is 0 Å². The molecule has 0 saturated carbocycles. The Morgan fingerprint density at radius 3 is 1.24 bits per heavy atom. The third-order valence-corrected chi connectivity index (χ3v) is 8.00. The molecular weight excluding hydrogens is 514 g/mol. The summed E-state index contributed by atoms with van der Waals surface area (Å²) in [6, 6.07) is -1.11. The van der Waals surface area contributed by atoms with Crippen molar-refractivity contribution in [2.24, 2.45) is 0 Å². The lowest BCUT2D eigenvalue weighted by molar-refractivity contribution is -0.151. The second-order valence-electron chi connectivity index (χ2n) is 12.1. The highest BCUT2D eigenvalue weighted by atomic mass is 16.5. The first-order valence-corrected chi connectivity index (χ1v) is 17.7. The van der Waals surface area contributed by atoms with Crippen LogP contribution in [0.25, 0.3) is 0 Å². The molecule has 2 N–H and O–H groups in total. The number of unbranched alkanes of at least 4 members (excludes halogenated alkanes) is 24. The summed E-state index contributed by atoms with van der Waals surface area (Å²) in [5, 5.41) is 11.8. The van der Waals surface area contributed by atoms with Crippen molar-refractivity contribution in [3.63, 3.8) is 0 Å². The van der Waals surface area contributed by atoms with Gasteiger partial charge in [0.15, 0.2) is 0 Å². The topological polar surface area (TPSA) is 92.7 Å². The van der Waals surface area contributed by atoms with Crippen LogP contribution >= 0.6 is 0 Å². The predicted molar refractivity (Wildman–Crippen MR) is 171 cm³/mol. The monoisotopic (exact) mass is 582 g/mol. The van der Waals surface area contributed by atoms with Crippen molar-refractivity contribution in [2.45, 2.75) is 200 Å². The van der Waals surface area contributed by atoms with Crippen LogP contribution in [0.1, 0.15) is 194 Å². The molecule has 0 saturated heterocycles. The van der Waals surface area contributed by atoms with Gasteiger partial charge in [0.25, 0.3) is 0 Å². The summed E-state index contributed by atoms with van der Waals surface area (Å²) in [7, 11) is 0. The summed E-state index contributed by atoms with van der Waals surface area (Å²) >= 11 is 0. The average Bonchev–Trinajstić information content (AvgIpc) is 2.95. The van der Waals surface area contributed by atoms with Gasteiger partial charge in [0.2, 0.25) is 5.91 Å². The van der Waals surface area contributed by atoms with E-state index in [1.165, 1.54) is 128 Å². The van der Waals surface area contributed by atoms with E-state index in [2.05, 4.69) is 19.2 Å². The molecule has 0 bridgehead atoms. The maximum absolute atomic E-state index is 12.4. The minimum absolute atomic E-state index is 0.266. The largest absolute Gasteiger partial charge is 0.481 e. The fourth-order valence-electron chi connectivity index (χ4n) is 5.33. The minimum Gasteiger partial charge on any atom is -0.481 e. The van der Waals surface area contributed by atoms with E-state index in [-0.39, 0.29) is 12.5 Å². The van der Waals surface area contributed by atoms with E-state index in [1.54, 1.807) is 0 Å². The molecule has 0 aromatic carbocycles. The molecule has 242 valence electrons. The Hall–Kier alpha value is -1.59. The number of hydrogen-bond donors (Lipinski definition) is 2. The molecule has 1 amide bonds. The molecule has 0 aliphatic carbocycles. The molecule has 0 aromatic heterocycles. The first-order valence-electron chi connectivity index (χ1n) is 17.7. The number of carboxylic acid groups (broad SMARTS) is 1. The van der Waals surface area contributed by atoms with Gasteiger partial charge in [0.05, 0.1) is 13.0 Å². The summed E-state index contributed by atoms with van der Waals surface area (Å²) < 4.78 is 5.30. The van der Waals surface area contributed by atoms with Crippen LogP contribution < -0.4 is 5.32 Å².